The zero-order chi connectivity index (χ0) is 14.8. The quantitative estimate of drug-likeness (QED) is 0.847. The normalized spacial score (nSPS) is 14.1. The van der Waals surface area contributed by atoms with Crippen LogP contribution in [0.3, 0.4) is 0 Å². The van der Waals surface area contributed by atoms with E-state index in [1.807, 2.05) is 13.8 Å². The highest BCUT2D eigenvalue weighted by Gasteiger charge is 2.30. The van der Waals surface area contributed by atoms with Crippen LogP contribution in [0, 0.1) is 11.7 Å². The zero-order valence-corrected chi connectivity index (χ0v) is 12.5. The van der Waals surface area contributed by atoms with Gasteiger partial charge in [-0.15, -0.1) is 0 Å². The van der Waals surface area contributed by atoms with Gasteiger partial charge in [0, 0.05) is 13.1 Å². The van der Waals surface area contributed by atoms with Crippen molar-refractivity contribution in [1.29, 1.82) is 0 Å². The molecule has 1 rings (SSSR count). The lowest BCUT2D eigenvalue weighted by atomic mass is 10.1. The standard InChI is InChI=1S/C13H21FN2O2S/c1-9(2)8-10(3)16(4)19(17,18)13-11(14)6-5-7-12(13)15/h5-7,9-10H,8,15H2,1-4H3. The van der Waals surface area contributed by atoms with E-state index in [1.54, 1.807) is 6.92 Å². The fourth-order valence-electron chi connectivity index (χ4n) is 2.01. The first-order valence-electron chi connectivity index (χ1n) is 6.20. The van der Waals surface area contributed by atoms with Gasteiger partial charge in [0.1, 0.15) is 10.7 Å². The first-order chi connectivity index (χ1) is 8.67. The van der Waals surface area contributed by atoms with Crippen LogP contribution >= 0.6 is 0 Å². The fourth-order valence-corrected chi connectivity index (χ4v) is 3.54. The summed E-state index contributed by atoms with van der Waals surface area (Å²) >= 11 is 0. The summed E-state index contributed by atoms with van der Waals surface area (Å²) in [4.78, 5) is -0.437. The van der Waals surface area contributed by atoms with Gasteiger partial charge in [-0.1, -0.05) is 19.9 Å². The molecule has 19 heavy (non-hydrogen) atoms. The van der Waals surface area contributed by atoms with Gasteiger partial charge >= 0.3 is 0 Å². The molecule has 0 spiro atoms. The van der Waals surface area contributed by atoms with Crippen molar-refractivity contribution in [2.45, 2.75) is 38.1 Å². The number of halogens is 1. The Bertz CT molecular complexity index is 523. The monoisotopic (exact) mass is 288 g/mol. The van der Waals surface area contributed by atoms with E-state index < -0.39 is 20.7 Å². The third-order valence-electron chi connectivity index (χ3n) is 3.07. The minimum atomic E-state index is -3.91. The molecule has 2 N–H and O–H groups in total. The fraction of sp³-hybridized carbons (Fsp3) is 0.538. The molecule has 0 bridgehead atoms. The van der Waals surface area contributed by atoms with Gasteiger partial charge in [-0.2, -0.15) is 4.31 Å². The molecule has 6 heteroatoms. The Morgan fingerprint density at radius 2 is 1.89 bits per heavy atom. The summed E-state index contributed by atoms with van der Waals surface area (Å²) in [5.74, 6) is -0.464. The second-order valence-electron chi connectivity index (χ2n) is 5.16. The molecule has 0 fully saturated rings. The average Bonchev–Trinajstić information content (AvgIpc) is 2.26. The topological polar surface area (TPSA) is 63.4 Å². The van der Waals surface area contributed by atoms with Crippen LogP contribution < -0.4 is 5.73 Å². The van der Waals surface area contributed by atoms with Crippen LogP contribution in [0.25, 0.3) is 0 Å². The first-order valence-corrected chi connectivity index (χ1v) is 7.64. The molecule has 0 heterocycles. The number of nitrogens with two attached hydrogens (primary N) is 1. The third kappa shape index (κ3) is 3.45. The molecule has 108 valence electrons. The number of hydrogen-bond acceptors (Lipinski definition) is 3. The van der Waals surface area contributed by atoms with Crippen molar-refractivity contribution in [2.75, 3.05) is 12.8 Å². The molecule has 1 aromatic rings. The van der Waals surface area contributed by atoms with Gasteiger partial charge in [-0.3, -0.25) is 0 Å². The molecule has 0 saturated heterocycles. The molecule has 1 unspecified atom stereocenters. The Labute approximate surface area is 114 Å². The number of benzene rings is 1. The number of nitrogens with zero attached hydrogens (tertiary/aromatic N) is 1. The second kappa shape index (κ2) is 5.88. The van der Waals surface area contributed by atoms with Crippen molar-refractivity contribution in [3.05, 3.63) is 24.0 Å². The first kappa shape index (κ1) is 15.9. The van der Waals surface area contributed by atoms with Crippen LogP contribution in [0.2, 0.25) is 0 Å². The molecule has 0 aliphatic rings. The van der Waals surface area contributed by atoms with Crippen molar-refractivity contribution in [2.24, 2.45) is 5.92 Å². The molecule has 0 saturated carbocycles. The van der Waals surface area contributed by atoms with Gasteiger partial charge in [0.15, 0.2) is 0 Å². The number of hydrogen-bond donors (Lipinski definition) is 1. The second-order valence-corrected chi connectivity index (χ2v) is 7.09. The van der Waals surface area contributed by atoms with E-state index in [-0.39, 0.29) is 11.7 Å². The van der Waals surface area contributed by atoms with Crippen molar-refractivity contribution in [3.63, 3.8) is 0 Å². The van der Waals surface area contributed by atoms with E-state index in [1.165, 1.54) is 23.5 Å². The third-order valence-corrected chi connectivity index (χ3v) is 5.13. The van der Waals surface area contributed by atoms with Gasteiger partial charge < -0.3 is 5.73 Å². The Balaban J connectivity index is 3.17. The predicted octanol–water partition coefficient (Wildman–Crippen LogP) is 2.46. The SMILES string of the molecule is CC(C)CC(C)N(C)S(=O)(=O)c1c(N)cccc1F. The Morgan fingerprint density at radius 1 is 1.32 bits per heavy atom. The molecule has 0 radical (unpaired) electrons. The van der Waals surface area contributed by atoms with Crippen LogP contribution in [0.15, 0.2) is 23.1 Å². The summed E-state index contributed by atoms with van der Waals surface area (Å²) in [6.45, 7) is 5.82. The average molecular weight is 288 g/mol. The van der Waals surface area contributed by atoms with E-state index >= 15 is 0 Å². The van der Waals surface area contributed by atoms with Gasteiger partial charge in [-0.25, -0.2) is 12.8 Å². The van der Waals surface area contributed by atoms with Crippen molar-refractivity contribution in [3.8, 4) is 0 Å². The van der Waals surface area contributed by atoms with E-state index in [0.29, 0.717) is 12.3 Å². The summed E-state index contributed by atoms with van der Waals surface area (Å²) in [5, 5.41) is 0. The summed E-state index contributed by atoms with van der Waals surface area (Å²) in [5.41, 5.74) is 5.53. The van der Waals surface area contributed by atoms with Crippen LogP contribution in [-0.4, -0.2) is 25.8 Å². The zero-order valence-electron chi connectivity index (χ0n) is 11.7. The maximum absolute atomic E-state index is 13.7. The Hall–Kier alpha value is -1.14. The number of anilines is 1. The van der Waals surface area contributed by atoms with Crippen molar-refractivity contribution < 1.29 is 12.8 Å². The van der Waals surface area contributed by atoms with Gasteiger partial charge in [-0.05, 0) is 31.4 Å². The van der Waals surface area contributed by atoms with E-state index in [9.17, 15) is 12.8 Å². The molecule has 0 amide bonds. The smallest absolute Gasteiger partial charge is 0.248 e. The summed E-state index contributed by atoms with van der Waals surface area (Å²) < 4.78 is 39.7. The number of nitrogen functional groups attached to an aromatic ring is 1. The summed E-state index contributed by atoms with van der Waals surface area (Å²) in [7, 11) is -2.46. The molecule has 0 aliphatic carbocycles. The van der Waals surface area contributed by atoms with Gasteiger partial charge in [0.05, 0.1) is 5.69 Å². The molecule has 1 atom stereocenters. The molecule has 4 nitrogen and oxygen atoms in total. The van der Waals surface area contributed by atoms with Crippen LogP contribution in [0.5, 0.6) is 0 Å². The Morgan fingerprint density at radius 3 is 2.37 bits per heavy atom. The van der Waals surface area contributed by atoms with Crippen LogP contribution in [-0.2, 0) is 10.0 Å². The maximum atomic E-state index is 13.7. The largest absolute Gasteiger partial charge is 0.398 e. The van der Waals surface area contributed by atoms with Crippen LogP contribution in [0.4, 0.5) is 10.1 Å². The molecular weight excluding hydrogens is 267 g/mol. The van der Waals surface area contributed by atoms with Crippen molar-refractivity contribution >= 4 is 15.7 Å². The summed E-state index contributed by atoms with van der Waals surface area (Å²) in [6.07, 6.45) is 0.698. The van der Waals surface area contributed by atoms with Gasteiger partial charge in [0.2, 0.25) is 10.0 Å². The summed E-state index contributed by atoms with van der Waals surface area (Å²) in [6, 6.07) is 3.66. The van der Waals surface area contributed by atoms with E-state index in [4.69, 9.17) is 5.73 Å². The molecular formula is C13H21FN2O2S. The lowest BCUT2D eigenvalue weighted by Gasteiger charge is -2.26. The van der Waals surface area contributed by atoms with Gasteiger partial charge in [0.25, 0.3) is 0 Å². The van der Waals surface area contributed by atoms with Crippen molar-refractivity contribution in [1.82, 2.24) is 4.31 Å². The Kier molecular flexibility index (Phi) is 4.92. The maximum Gasteiger partial charge on any atom is 0.248 e. The molecule has 0 aromatic heterocycles. The van der Waals surface area contributed by atoms with Crippen LogP contribution in [0.1, 0.15) is 27.2 Å². The highest BCUT2D eigenvalue weighted by Crippen LogP contribution is 2.26. The lowest BCUT2D eigenvalue weighted by Crippen LogP contribution is -2.36. The number of rotatable bonds is 5. The predicted molar refractivity (Wildman–Crippen MR) is 74.7 cm³/mol. The van der Waals surface area contributed by atoms with E-state index in [0.717, 1.165) is 6.07 Å². The minimum Gasteiger partial charge on any atom is -0.398 e. The minimum absolute atomic E-state index is 0.0661. The number of sulfonamides is 1. The highest BCUT2D eigenvalue weighted by molar-refractivity contribution is 7.89. The highest BCUT2D eigenvalue weighted by atomic mass is 32.2. The molecule has 0 aliphatic heterocycles. The molecule has 1 aromatic carbocycles. The van der Waals surface area contributed by atoms with E-state index in [2.05, 4.69) is 0 Å². The lowest BCUT2D eigenvalue weighted by molar-refractivity contribution is 0.336.